The Morgan fingerprint density at radius 1 is 1.05 bits per heavy atom. The van der Waals surface area contributed by atoms with Crippen molar-refractivity contribution in [1.29, 1.82) is 0 Å². The van der Waals surface area contributed by atoms with Crippen molar-refractivity contribution in [3.63, 3.8) is 0 Å². The van der Waals surface area contributed by atoms with Crippen molar-refractivity contribution in [3.8, 4) is 5.75 Å². The molecular weight excluding hydrogens is 315 g/mol. The molecule has 0 aromatic heterocycles. The van der Waals surface area contributed by atoms with Crippen molar-refractivity contribution in [2.24, 2.45) is 0 Å². The summed E-state index contributed by atoms with van der Waals surface area (Å²) in [4.78, 5) is 0.623. The summed E-state index contributed by atoms with van der Waals surface area (Å²) >= 11 is 0.434. The molecule has 2 aromatic carbocycles. The van der Waals surface area contributed by atoms with Crippen molar-refractivity contribution in [2.45, 2.75) is 17.3 Å². The maximum absolute atomic E-state index is 5.96. The van der Waals surface area contributed by atoms with Gasteiger partial charge < -0.3 is 0 Å². The predicted molar refractivity (Wildman–Crippen MR) is 81.9 cm³/mol. The molecular formula is C17H18O2Se. The van der Waals surface area contributed by atoms with Gasteiger partial charge >= 0.3 is 126 Å². The Hall–Kier alpha value is -1.28. The topological polar surface area (TPSA) is 18.5 Å². The Morgan fingerprint density at radius 3 is 2.50 bits per heavy atom. The molecule has 3 heteroatoms. The first-order chi connectivity index (χ1) is 9.86. The third-order valence-corrected chi connectivity index (χ3v) is 6.30. The number of benzene rings is 2. The number of methoxy groups -OCH3 is 1. The number of hydrogen-bond donors (Lipinski definition) is 0. The van der Waals surface area contributed by atoms with Gasteiger partial charge in [0.05, 0.1) is 0 Å². The third-order valence-electron chi connectivity index (χ3n) is 3.51. The first-order valence-corrected chi connectivity index (χ1v) is 8.68. The van der Waals surface area contributed by atoms with Crippen LogP contribution in [0.3, 0.4) is 0 Å². The van der Waals surface area contributed by atoms with Gasteiger partial charge in [-0.05, 0) is 0 Å². The van der Waals surface area contributed by atoms with E-state index in [1.54, 1.807) is 7.11 Å². The predicted octanol–water partition coefficient (Wildman–Crippen LogP) is 2.97. The summed E-state index contributed by atoms with van der Waals surface area (Å²) in [5.74, 6) is 0.923. The van der Waals surface area contributed by atoms with Gasteiger partial charge in [0.25, 0.3) is 0 Å². The Kier molecular flexibility index (Phi) is 4.41. The van der Waals surface area contributed by atoms with E-state index in [0.29, 0.717) is 19.8 Å². The summed E-state index contributed by atoms with van der Waals surface area (Å²) in [6.07, 6.45) is 1.42. The Balaban J connectivity index is 1.72. The minimum atomic E-state index is 0.262. The molecule has 1 fully saturated rings. The molecule has 0 aliphatic carbocycles. The van der Waals surface area contributed by atoms with Crippen LogP contribution in [0.2, 0.25) is 4.82 Å². The van der Waals surface area contributed by atoms with E-state index in [-0.39, 0.29) is 6.10 Å². The molecule has 3 rings (SSSR count). The van der Waals surface area contributed by atoms with Crippen LogP contribution in [0, 0.1) is 0 Å². The third kappa shape index (κ3) is 3.06. The van der Waals surface area contributed by atoms with Crippen LogP contribution in [0.25, 0.3) is 0 Å². The van der Waals surface area contributed by atoms with Crippen molar-refractivity contribution in [1.82, 2.24) is 0 Å². The van der Waals surface area contributed by atoms with Gasteiger partial charge in [-0.1, -0.05) is 0 Å². The molecule has 0 saturated carbocycles. The first kappa shape index (κ1) is 13.7. The molecule has 0 spiro atoms. The van der Waals surface area contributed by atoms with E-state index in [9.17, 15) is 0 Å². The minimum absolute atomic E-state index is 0.262. The van der Waals surface area contributed by atoms with Crippen molar-refractivity contribution >= 4 is 19.4 Å². The van der Waals surface area contributed by atoms with Crippen LogP contribution in [0.4, 0.5) is 0 Å². The van der Waals surface area contributed by atoms with E-state index in [1.807, 2.05) is 12.1 Å². The zero-order chi connectivity index (χ0) is 13.8. The second-order valence-electron chi connectivity index (χ2n) is 4.82. The zero-order valence-corrected chi connectivity index (χ0v) is 13.2. The van der Waals surface area contributed by atoms with E-state index < -0.39 is 0 Å². The fourth-order valence-corrected chi connectivity index (χ4v) is 5.02. The van der Waals surface area contributed by atoms with Crippen molar-refractivity contribution in [3.05, 3.63) is 60.2 Å². The van der Waals surface area contributed by atoms with Crippen LogP contribution in [0.1, 0.15) is 18.1 Å². The summed E-state index contributed by atoms with van der Waals surface area (Å²) in [5, 5.41) is 0. The summed E-state index contributed by atoms with van der Waals surface area (Å²) in [6.45, 7) is 0.877. The monoisotopic (exact) mass is 334 g/mol. The van der Waals surface area contributed by atoms with Crippen LogP contribution >= 0.6 is 0 Å². The van der Waals surface area contributed by atoms with Crippen LogP contribution < -0.4 is 9.20 Å². The molecule has 0 radical (unpaired) electrons. The SMILES string of the molecule is COc1ccc([Se][C@H]2CCO[C@@H]2c2ccccc2)cc1. The van der Waals surface area contributed by atoms with E-state index in [2.05, 4.69) is 42.5 Å². The maximum atomic E-state index is 5.96. The van der Waals surface area contributed by atoms with Gasteiger partial charge in [-0.2, -0.15) is 0 Å². The van der Waals surface area contributed by atoms with Gasteiger partial charge in [-0.15, -0.1) is 0 Å². The van der Waals surface area contributed by atoms with Crippen LogP contribution in [-0.2, 0) is 4.74 Å². The second kappa shape index (κ2) is 6.45. The van der Waals surface area contributed by atoms with Gasteiger partial charge in [0, 0.05) is 0 Å². The first-order valence-electron chi connectivity index (χ1n) is 6.84. The molecule has 1 aliphatic heterocycles. The van der Waals surface area contributed by atoms with Crippen LogP contribution in [-0.4, -0.2) is 28.7 Å². The van der Waals surface area contributed by atoms with Crippen molar-refractivity contribution < 1.29 is 9.47 Å². The molecule has 2 atom stereocenters. The Morgan fingerprint density at radius 2 is 1.80 bits per heavy atom. The van der Waals surface area contributed by atoms with E-state index in [1.165, 1.54) is 10.0 Å². The molecule has 2 aromatic rings. The molecule has 1 aliphatic rings. The molecule has 1 saturated heterocycles. The molecule has 1 heterocycles. The fourth-order valence-electron chi connectivity index (χ4n) is 2.47. The summed E-state index contributed by atoms with van der Waals surface area (Å²) < 4.78 is 12.6. The van der Waals surface area contributed by atoms with Gasteiger partial charge in [0.2, 0.25) is 0 Å². The van der Waals surface area contributed by atoms with Gasteiger partial charge in [-0.25, -0.2) is 0 Å². The zero-order valence-electron chi connectivity index (χ0n) is 11.5. The Labute approximate surface area is 126 Å². The summed E-state index contributed by atoms with van der Waals surface area (Å²) in [5.41, 5.74) is 1.31. The average Bonchev–Trinajstić information content (AvgIpc) is 2.97. The second-order valence-corrected chi connectivity index (χ2v) is 7.58. The molecule has 104 valence electrons. The Bertz CT molecular complexity index is 539. The van der Waals surface area contributed by atoms with Crippen LogP contribution in [0.5, 0.6) is 5.75 Å². The number of hydrogen-bond acceptors (Lipinski definition) is 2. The van der Waals surface area contributed by atoms with E-state index in [4.69, 9.17) is 9.47 Å². The van der Waals surface area contributed by atoms with E-state index in [0.717, 1.165) is 18.8 Å². The number of rotatable bonds is 4. The van der Waals surface area contributed by atoms with Gasteiger partial charge in [-0.3, -0.25) is 0 Å². The molecule has 20 heavy (non-hydrogen) atoms. The van der Waals surface area contributed by atoms with Crippen molar-refractivity contribution in [2.75, 3.05) is 13.7 Å². The average molecular weight is 333 g/mol. The summed E-state index contributed by atoms with van der Waals surface area (Å²) in [6, 6.07) is 19.0. The normalized spacial score (nSPS) is 21.9. The van der Waals surface area contributed by atoms with Gasteiger partial charge in [0.1, 0.15) is 0 Å². The quantitative estimate of drug-likeness (QED) is 0.801. The summed E-state index contributed by atoms with van der Waals surface area (Å²) in [7, 11) is 1.70. The van der Waals surface area contributed by atoms with Crippen LogP contribution in [0.15, 0.2) is 54.6 Å². The molecule has 0 N–H and O–H groups in total. The molecule has 2 nitrogen and oxygen atoms in total. The molecule has 0 unspecified atom stereocenters. The van der Waals surface area contributed by atoms with E-state index >= 15 is 0 Å². The molecule has 0 bridgehead atoms. The standard InChI is InChI=1S/C17H18O2Se/c1-18-14-7-9-15(10-8-14)20-16-11-12-19-17(16)13-5-3-2-4-6-13/h2-10,16-17H,11-12H2,1H3/t16-,17+/m0/s1. The fraction of sp³-hybridized carbons (Fsp3) is 0.294. The van der Waals surface area contributed by atoms with Gasteiger partial charge in [0.15, 0.2) is 0 Å². The molecule has 0 amide bonds. The number of ether oxygens (including phenoxy) is 2.